The van der Waals surface area contributed by atoms with Crippen LogP contribution in [-0.2, 0) is 13.0 Å². The average Bonchev–Trinajstić information content (AvgIpc) is 2.70. The van der Waals surface area contributed by atoms with Gasteiger partial charge in [-0.2, -0.15) is 10.1 Å². The average molecular weight is 382 g/mol. The molecule has 6 nitrogen and oxygen atoms in total. The van der Waals surface area contributed by atoms with Gasteiger partial charge in [0.05, 0.1) is 19.0 Å². The Kier molecular flexibility index (Phi) is 4.81. The Labute approximate surface area is 163 Å². The molecule has 1 N–H and O–H groups in total. The van der Waals surface area contributed by atoms with Crippen LogP contribution in [0.1, 0.15) is 16.7 Å². The molecule has 27 heavy (non-hydrogen) atoms. The molecule has 0 amide bonds. The van der Waals surface area contributed by atoms with Crippen LogP contribution in [0.4, 0.5) is 17.5 Å². The Morgan fingerprint density at radius 1 is 1.19 bits per heavy atom. The van der Waals surface area contributed by atoms with Crippen LogP contribution in [0, 0.1) is 6.92 Å². The Balaban J connectivity index is 1.58. The summed E-state index contributed by atoms with van der Waals surface area (Å²) in [4.78, 5) is 6.86. The SMILES string of the molecule is COc1cc(Cl)c(C)cc1Nc1nncc(N2CCc3ccccc3C2)n1. The predicted molar refractivity (Wildman–Crippen MR) is 107 cm³/mol. The van der Waals surface area contributed by atoms with E-state index in [0.29, 0.717) is 16.7 Å². The minimum atomic E-state index is 0.423. The van der Waals surface area contributed by atoms with E-state index in [0.717, 1.165) is 36.6 Å². The van der Waals surface area contributed by atoms with Gasteiger partial charge in [-0.25, -0.2) is 0 Å². The second kappa shape index (κ2) is 7.40. The van der Waals surface area contributed by atoms with Crippen molar-refractivity contribution >= 4 is 29.1 Å². The molecule has 4 rings (SSSR count). The first-order valence-corrected chi connectivity index (χ1v) is 9.14. The fourth-order valence-electron chi connectivity index (χ4n) is 3.24. The lowest BCUT2D eigenvalue weighted by atomic mass is 10.0. The molecule has 0 saturated carbocycles. The van der Waals surface area contributed by atoms with Crippen molar-refractivity contribution in [2.45, 2.75) is 19.9 Å². The quantitative estimate of drug-likeness (QED) is 0.732. The van der Waals surface area contributed by atoms with Crippen LogP contribution in [0.15, 0.2) is 42.6 Å². The van der Waals surface area contributed by atoms with Crippen molar-refractivity contribution in [1.29, 1.82) is 0 Å². The number of hydrogen-bond acceptors (Lipinski definition) is 6. The number of rotatable bonds is 4. The Morgan fingerprint density at radius 3 is 2.81 bits per heavy atom. The summed E-state index contributed by atoms with van der Waals surface area (Å²) in [5.74, 6) is 1.85. The summed E-state index contributed by atoms with van der Waals surface area (Å²) in [5, 5.41) is 12.1. The van der Waals surface area contributed by atoms with E-state index in [1.165, 1.54) is 11.1 Å². The number of benzene rings is 2. The largest absolute Gasteiger partial charge is 0.495 e. The third kappa shape index (κ3) is 3.66. The number of aryl methyl sites for hydroxylation is 1. The highest BCUT2D eigenvalue weighted by molar-refractivity contribution is 6.31. The molecular weight excluding hydrogens is 362 g/mol. The van der Waals surface area contributed by atoms with Gasteiger partial charge in [0.15, 0.2) is 5.82 Å². The molecule has 1 aliphatic rings. The highest BCUT2D eigenvalue weighted by atomic mass is 35.5. The minimum absolute atomic E-state index is 0.423. The molecule has 0 fully saturated rings. The van der Waals surface area contributed by atoms with Crippen LogP contribution < -0.4 is 15.0 Å². The van der Waals surface area contributed by atoms with E-state index in [4.69, 9.17) is 16.3 Å². The van der Waals surface area contributed by atoms with Gasteiger partial charge in [0.2, 0.25) is 5.95 Å². The zero-order valence-electron chi connectivity index (χ0n) is 15.2. The molecule has 0 spiro atoms. The monoisotopic (exact) mass is 381 g/mol. The molecule has 2 aromatic carbocycles. The second-order valence-corrected chi connectivity index (χ2v) is 6.91. The Morgan fingerprint density at radius 2 is 2.00 bits per heavy atom. The number of aromatic nitrogens is 3. The number of fused-ring (bicyclic) bond motifs is 1. The lowest BCUT2D eigenvalue weighted by molar-refractivity contribution is 0.416. The molecule has 2 heterocycles. The lowest BCUT2D eigenvalue weighted by Crippen LogP contribution is -2.31. The van der Waals surface area contributed by atoms with Gasteiger partial charge in [-0.3, -0.25) is 0 Å². The third-order valence-corrected chi connectivity index (χ3v) is 5.14. The standard InChI is InChI=1S/C20H20ClN5O/c1-13-9-17(18(27-2)10-16(13)21)23-20-24-19(11-22-25-20)26-8-7-14-5-3-4-6-15(14)12-26/h3-6,9-11H,7-8,12H2,1-2H3,(H,23,24,25). The van der Waals surface area contributed by atoms with Crippen LogP contribution in [0.25, 0.3) is 0 Å². The van der Waals surface area contributed by atoms with Crippen molar-refractivity contribution in [2.24, 2.45) is 0 Å². The number of anilines is 3. The summed E-state index contributed by atoms with van der Waals surface area (Å²) >= 11 is 6.18. The minimum Gasteiger partial charge on any atom is -0.495 e. The number of halogens is 1. The van der Waals surface area contributed by atoms with Crippen molar-refractivity contribution in [3.63, 3.8) is 0 Å². The normalized spacial score (nSPS) is 13.2. The molecule has 3 aromatic rings. The number of nitrogens with one attached hydrogen (secondary N) is 1. The van der Waals surface area contributed by atoms with E-state index in [2.05, 4.69) is 49.7 Å². The van der Waals surface area contributed by atoms with Crippen molar-refractivity contribution in [1.82, 2.24) is 15.2 Å². The van der Waals surface area contributed by atoms with Crippen molar-refractivity contribution in [2.75, 3.05) is 23.9 Å². The number of methoxy groups -OCH3 is 1. The number of ether oxygens (including phenoxy) is 1. The molecule has 0 aliphatic carbocycles. The van der Waals surface area contributed by atoms with E-state index < -0.39 is 0 Å². The molecule has 0 radical (unpaired) electrons. The maximum absolute atomic E-state index is 6.18. The van der Waals surface area contributed by atoms with E-state index in [1.54, 1.807) is 19.4 Å². The van der Waals surface area contributed by atoms with Gasteiger partial charge in [-0.15, -0.1) is 5.10 Å². The zero-order chi connectivity index (χ0) is 18.8. The van der Waals surface area contributed by atoms with Crippen LogP contribution >= 0.6 is 11.6 Å². The van der Waals surface area contributed by atoms with Gasteiger partial charge in [0.1, 0.15) is 5.75 Å². The highest BCUT2D eigenvalue weighted by Gasteiger charge is 2.18. The Hall–Kier alpha value is -2.86. The van der Waals surface area contributed by atoms with E-state index in [9.17, 15) is 0 Å². The van der Waals surface area contributed by atoms with Crippen LogP contribution in [0.5, 0.6) is 5.75 Å². The smallest absolute Gasteiger partial charge is 0.249 e. The summed E-state index contributed by atoms with van der Waals surface area (Å²) in [6.07, 6.45) is 2.69. The highest BCUT2D eigenvalue weighted by Crippen LogP contribution is 2.32. The molecule has 0 saturated heterocycles. The van der Waals surface area contributed by atoms with E-state index in [1.807, 2.05) is 13.0 Å². The maximum atomic E-state index is 6.18. The van der Waals surface area contributed by atoms with Crippen LogP contribution in [0.2, 0.25) is 5.02 Å². The summed E-state index contributed by atoms with van der Waals surface area (Å²) in [6, 6.07) is 12.2. The molecular formula is C20H20ClN5O. The summed E-state index contributed by atoms with van der Waals surface area (Å²) < 4.78 is 5.41. The second-order valence-electron chi connectivity index (χ2n) is 6.51. The first kappa shape index (κ1) is 17.5. The van der Waals surface area contributed by atoms with Gasteiger partial charge in [0, 0.05) is 24.2 Å². The summed E-state index contributed by atoms with van der Waals surface area (Å²) in [7, 11) is 1.60. The van der Waals surface area contributed by atoms with Crippen molar-refractivity contribution < 1.29 is 4.74 Å². The molecule has 0 unspecified atom stereocenters. The summed E-state index contributed by atoms with van der Waals surface area (Å²) in [6.45, 7) is 3.66. The fourth-order valence-corrected chi connectivity index (χ4v) is 3.40. The van der Waals surface area contributed by atoms with E-state index >= 15 is 0 Å². The molecule has 138 valence electrons. The van der Waals surface area contributed by atoms with Crippen LogP contribution in [-0.4, -0.2) is 28.8 Å². The van der Waals surface area contributed by atoms with Gasteiger partial charge in [0.25, 0.3) is 0 Å². The maximum Gasteiger partial charge on any atom is 0.249 e. The van der Waals surface area contributed by atoms with E-state index in [-0.39, 0.29) is 0 Å². The Bertz CT molecular complexity index is 978. The first-order valence-electron chi connectivity index (χ1n) is 8.76. The molecule has 0 atom stereocenters. The first-order chi connectivity index (χ1) is 13.1. The molecule has 1 aromatic heterocycles. The zero-order valence-corrected chi connectivity index (χ0v) is 16.0. The van der Waals surface area contributed by atoms with Gasteiger partial charge in [-0.1, -0.05) is 35.9 Å². The number of nitrogens with zero attached hydrogens (tertiary/aromatic N) is 4. The fraction of sp³-hybridized carbons (Fsp3) is 0.250. The van der Waals surface area contributed by atoms with Crippen molar-refractivity contribution in [3.8, 4) is 5.75 Å². The third-order valence-electron chi connectivity index (χ3n) is 4.73. The number of hydrogen-bond donors (Lipinski definition) is 1. The molecule has 0 bridgehead atoms. The van der Waals surface area contributed by atoms with Gasteiger partial charge in [-0.05, 0) is 36.1 Å². The topological polar surface area (TPSA) is 63.2 Å². The molecule has 7 heteroatoms. The van der Waals surface area contributed by atoms with Gasteiger partial charge < -0.3 is 15.0 Å². The van der Waals surface area contributed by atoms with Crippen molar-refractivity contribution in [3.05, 3.63) is 64.3 Å². The lowest BCUT2D eigenvalue weighted by Gasteiger charge is -2.29. The predicted octanol–water partition coefficient (Wildman–Crippen LogP) is 4.15. The van der Waals surface area contributed by atoms with Gasteiger partial charge >= 0.3 is 0 Å². The van der Waals surface area contributed by atoms with Crippen LogP contribution in [0.3, 0.4) is 0 Å². The summed E-state index contributed by atoms with van der Waals surface area (Å²) in [5.41, 5.74) is 4.42. The molecule has 1 aliphatic heterocycles.